The number of hydrogen-bond donors (Lipinski definition) is 0. The molecule has 0 aromatic heterocycles. The Morgan fingerprint density at radius 1 is 1.23 bits per heavy atom. The Bertz CT molecular complexity index is 450. The molecule has 0 aliphatic heterocycles. The van der Waals surface area contributed by atoms with Gasteiger partial charge in [0.25, 0.3) is 0 Å². The number of oxime groups is 1. The molecule has 0 aliphatic rings. The summed E-state index contributed by atoms with van der Waals surface area (Å²) in [6.07, 6.45) is 7.25. The summed E-state index contributed by atoms with van der Waals surface area (Å²) < 4.78 is 0. The molecule has 0 amide bonds. The van der Waals surface area contributed by atoms with Crippen molar-refractivity contribution in [1.29, 1.82) is 0 Å². The van der Waals surface area contributed by atoms with E-state index in [0.29, 0.717) is 12.5 Å². The SMILES string of the molecule is CC(C)CCC(/C=C/c1ccccc1)=N\OCCCN(C)C. The van der Waals surface area contributed by atoms with Crippen molar-refractivity contribution in [2.75, 3.05) is 27.2 Å². The van der Waals surface area contributed by atoms with Gasteiger partial charge in [0.1, 0.15) is 6.61 Å². The summed E-state index contributed by atoms with van der Waals surface area (Å²) in [4.78, 5) is 7.63. The van der Waals surface area contributed by atoms with Crippen LogP contribution < -0.4 is 0 Å². The van der Waals surface area contributed by atoms with E-state index >= 15 is 0 Å². The zero-order chi connectivity index (χ0) is 16.2. The monoisotopic (exact) mass is 302 g/mol. The van der Waals surface area contributed by atoms with E-state index in [1.165, 1.54) is 5.56 Å². The van der Waals surface area contributed by atoms with Gasteiger partial charge < -0.3 is 9.74 Å². The van der Waals surface area contributed by atoms with Gasteiger partial charge in [-0.2, -0.15) is 0 Å². The van der Waals surface area contributed by atoms with Gasteiger partial charge in [-0.05, 0) is 50.9 Å². The van der Waals surface area contributed by atoms with Gasteiger partial charge in [0, 0.05) is 6.54 Å². The van der Waals surface area contributed by atoms with Crippen LogP contribution in [0.5, 0.6) is 0 Å². The predicted molar refractivity (Wildman–Crippen MR) is 96.1 cm³/mol. The number of nitrogens with zero attached hydrogens (tertiary/aromatic N) is 2. The standard InChI is InChI=1S/C19H30N2O/c1-17(2)11-13-19(20-22-16-8-15-21(3)4)14-12-18-9-6-5-7-10-18/h5-7,9-10,12,14,17H,8,11,13,15-16H2,1-4H3/b14-12+,20-19+. The third-order valence-electron chi connectivity index (χ3n) is 3.27. The molecule has 0 unspecified atom stereocenters. The Balaban J connectivity index is 2.53. The normalized spacial score (nSPS) is 12.5. The second-order valence-electron chi connectivity index (χ2n) is 6.25. The number of rotatable bonds is 10. The van der Waals surface area contributed by atoms with Crippen LogP contribution in [0.4, 0.5) is 0 Å². The van der Waals surface area contributed by atoms with Gasteiger partial charge in [-0.25, -0.2) is 0 Å². The first-order valence-electron chi connectivity index (χ1n) is 8.14. The summed E-state index contributed by atoms with van der Waals surface area (Å²) in [6.45, 7) is 6.16. The first kappa shape index (κ1) is 18.4. The fourth-order valence-corrected chi connectivity index (χ4v) is 1.93. The molecule has 0 atom stereocenters. The lowest BCUT2D eigenvalue weighted by Crippen LogP contribution is -2.14. The first-order valence-corrected chi connectivity index (χ1v) is 8.14. The smallest absolute Gasteiger partial charge is 0.118 e. The van der Waals surface area contributed by atoms with Crippen LogP contribution in [0.3, 0.4) is 0 Å². The molecule has 1 aromatic carbocycles. The van der Waals surface area contributed by atoms with Gasteiger partial charge in [0.2, 0.25) is 0 Å². The van der Waals surface area contributed by atoms with Crippen LogP contribution in [-0.2, 0) is 4.84 Å². The van der Waals surface area contributed by atoms with E-state index in [1.54, 1.807) is 0 Å². The Kier molecular flexibility index (Phi) is 9.24. The Morgan fingerprint density at radius 3 is 2.59 bits per heavy atom. The lowest BCUT2D eigenvalue weighted by molar-refractivity contribution is 0.134. The zero-order valence-electron chi connectivity index (χ0n) is 14.5. The number of allylic oxidation sites excluding steroid dienone is 1. The molecule has 122 valence electrons. The van der Waals surface area contributed by atoms with Crippen LogP contribution in [-0.4, -0.2) is 37.9 Å². The van der Waals surface area contributed by atoms with E-state index in [9.17, 15) is 0 Å². The number of hydrogen-bond acceptors (Lipinski definition) is 3. The summed E-state index contributed by atoms with van der Waals surface area (Å²) in [5.74, 6) is 0.670. The van der Waals surface area contributed by atoms with Crippen LogP contribution in [0, 0.1) is 5.92 Å². The van der Waals surface area contributed by atoms with Crippen molar-refractivity contribution >= 4 is 11.8 Å². The molecule has 0 bridgehead atoms. The van der Waals surface area contributed by atoms with Crippen molar-refractivity contribution in [3.8, 4) is 0 Å². The van der Waals surface area contributed by atoms with Crippen LogP contribution in [0.15, 0.2) is 41.6 Å². The zero-order valence-corrected chi connectivity index (χ0v) is 14.5. The van der Waals surface area contributed by atoms with Gasteiger partial charge in [0.15, 0.2) is 0 Å². The van der Waals surface area contributed by atoms with Crippen molar-refractivity contribution in [3.05, 3.63) is 42.0 Å². The lowest BCUT2D eigenvalue weighted by Gasteiger charge is -2.08. The maximum absolute atomic E-state index is 5.48. The van der Waals surface area contributed by atoms with E-state index in [-0.39, 0.29) is 0 Å². The molecule has 0 N–H and O–H groups in total. The summed E-state index contributed by atoms with van der Waals surface area (Å²) in [6, 6.07) is 10.3. The third kappa shape index (κ3) is 9.35. The summed E-state index contributed by atoms with van der Waals surface area (Å²) in [5, 5.41) is 4.32. The topological polar surface area (TPSA) is 24.8 Å². The van der Waals surface area contributed by atoms with Crippen LogP contribution >= 0.6 is 0 Å². The maximum Gasteiger partial charge on any atom is 0.118 e. The average Bonchev–Trinajstić information content (AvgIpc) is 2.49. The van der Waals surface area contributed by atoms with Gasteiger partial charge in [-0.1, -0.05) is 55.4 Å². The minimum atomic E-state index is 0.669. The largest absolute Gasteiger partial charge is 0.396 e. The van der Waals surface area contributed by atoms with E-state index in [1.807, 2.05) is 18.2 Å². The molecule has 1 rings (SSSR count). The Labute approximate surface area is 135 Å². The third-order valence-corrected chi connectivity index (χ3v) is 3.27. The van der Waals surface area contributed by atoms with Crippen LogP contribution in [0.1, 0.15) is 38.7 Å². The lowest BCUT2D eigenvalue weighted by atomic mass is 10.0. The molecule has 0 fully saturated rings. The Morgan fingerprint density at radius 2 is 1.95 bits per heavy atom. The first-order chi connectivity index (χ1) is 10.6. The van der Waals surface area contributed by atoms with Crippen molar-refractivity contribution in [2.24, 2.45) is 11.1 Å². The molecule has 0 spiro atoms. The van der Waals surface area contributed by atoms with Gasteiger partial charge >= 0.3 is 0 Å². The van der Waals surface area contributed by atoms with E-state index < -0.39 is 0 Å². The maximum atomic E-state index is 5.48. The van der Waals surface area contributed by atoms with Gasteiger partial charge in [-0.15, -0.1) is 0 Å². The van der Waals surface area contributed by atoms with Crippen molar-refractivity contribution in [2.45, 2.75) is 33.1 Å². The summed E-state index contributed by atoms with van der Waals surface area (Å²) in [7, 11) is 4.14. The van der Waals surface area contributed by atoms with Gasteiger partial charge in [0.05, 0.1) is 5.71 Å². The van der Waals surface area contributed by atoms with Crippen molar-refractivity contribution in [1.82, 2.24) is 4.90 Å². The molecule has 0 heterocycles. The molecular formula is C19H30N2O. The summed E-state index contributed by atoms with van der Waals surface area (Å²) in [5.41, 5.74) is 2.20. The van der Waals surface area contributed by atoms with E-state index in [2.05, 4.69) is 62.3 Å². The van der Waals surface area contributed by atoms with Crippen LogP contribution in [0.2, 0.25) is 0 Å². The number of benzene rings is 1. The minimum Gasteiger partial charge on any atom is -0.396 e. The van der Waals surface area contributed by atoms with E-state index in [0.717, 1.165) is 31.5 Å². The predicted octanol–water partition coefficient (Wildman–Crippen LogP) is 4.46. The fraction of sp³-hybridized carbons (Fsp3) is 0.526. The molecule has 0 saturated heterocycles. The van der Waals surface area contributed by atoms with Crippen molar-refractivity contribution < 1.29 is 4.84 Å². The molecular weight excluding hydrogens is 272 g/mol. The second-order valence-corrected chi connectivity index (χ2v) is 6.25. The summed E-state index contributed by atoms with van der Waals surface area (Å²) >= 11 is 0. The second kappa shape index (κ2) is 11.0. The van der Waals surface area contributed by atoms with Crippen molar-refractivity contribution in [3.63, 3.8) is 0 Å². The molecule has 3 heteroatoms. The highest BCUT2D eigenvalue weighted by atomic mass is 16.6. The molecule has 0 radical (unpaired) electrons. The highest BCUT2D eigenvalue weighted by molar-refractivity contribution is 5.97. The van der Waals surface area contributed by atoms with Crippen LogP contribution in [0.25, 0.3) is 6.08 Å². The van der Waals surface area contributed by atoms with E-state index in [4.69, 9.17) is 4.84 Å². The molecule has 22 heavy (non-hydrogen) atoms. The molecule has 0 saturated carbocycles. The highest BCUT2D eigenvalue weighted by Gasteiger charge is 2.00. The average molecular weight is 302 g/mol. The quantitative estimate of drug-likeness (QED) is 0.362. The highest BCUT2D eigenvalue weighted by Crippen LogP contribution is 2.08. The Hall–Kier alpha value is -1.61. The fourth-order valence-electron chi connectivity index (χ4n) is 1.93. The molecule has 1 aromatic rings. The molecule has 0 aliphatic carbocycles. The minimum absolute atomic E-state index is 0.669. The van der Waals surface area contributed by atoms with Gasteiger partial charge in [-0.3, -0.25) is 0 Å². The molecule has 3 nitrogen and oxygen atoms in total.